The quantitative estimate of drug-likeness (QED) is 0.333. The Balaban J connectivity index is 1.39. The lowest BCUT2D eigenvalue weighted by Gasteiger charge is -2.33. The van der Waals surface area contributed by atoms with Gasteiger partial charge in [0, 0.05) is 24.0 Å². The van der Waals surface area contributed by atoms with Crippen molar-refractivity contribution in [3.63, 3.8) is 0 Å². The molecule has 6 aromatic rings. The molecule has 0 N–H and O–H groups in total. The van der Waals surface area contributed by atoms with Crippen LogP contribution in [0, 0.1) is 0 Å². The molecule has 1 aliphatic heterocycles. The summed E-state index contributed by atoms with van der Waals surface area (Å²) in [5.41, 5.74) is 5.72. The molecular weight excluding hydrogens is 432 g/mol. The predicted molar refractivity (Wildman–Crippen MR) is 142 cm³/mol. The molecule has 0 atom stereocenters. The van der Waals surface area contributed by atoms with E-state index in [1.807, 2.05) is 65.2 Å². The SMILES string of the molecule is O=c1c(N2CCC(c3ccccc3)CC2)cc2nc(-c3ccccc3)nn3c4ccccc4c1c23. The molecule has 35 heavy (non-hydrogen) atoms. The van der Waals surface area contributed by atoms with Crippen LogP contribution in [0.3, 0.4) is 0 Å². The van der Waals surface area contributed by atoms with Crippen LogP contribution in [0.5, 0.6) is 0 Å². The average Bonchev–Trinajstić information content (AvgIpc) is 3.27. The van der Waals surface area contributed by atoms with Crippen molar-refractivity contribution in [1.82, 2.24) is 14.6 Å². The van der Waals surface area contributed by atoms with Gasteiger partial charge in [0.15, 0.2) is 5.82 Å². The predicted octanol–water partition coefficient (Wildman–Crippen LogP) is 5.88. The number of rotatable bonds is 3. The minimum atomic E-state index is 0.0745. The fourth-order valence-electron chi connectivity index (χ4n) is 5.63. The Kier molecular flexibility index (Phi) is 4.56. The maximum absolute atomic E-state index is 13.9. The van der Waals surface area contributed by atoms with Crippen molar-refractivity contribution in [3.05, 3.63) is 107 Å². The summed E-state index contributed by atoms with van der Waals surface area (Å²) >= 11 is 0. The molecule has 7 rings (SSSR count). The summed E-state index contributed by atoms with van der Waals surface area (Å²) in [6, 6.07) is 30.8. The van der Waals surface area contributed by atoms with Crippen LogP contribution in [-0.2, 0) is 0 Å². The Hall–Kier alpha value is -4.25. The van der Waals surface area contributed by atoms with Gasteiger partial charge < -0.3 is 4.90 Å². The molecule has 1 saturated heterocycles. The normalized spacial score (nSPS) is 14.9. The lowest BCUT2D eigenvalue weighted by atomic mass is 9.89. The molecule has 5 nitrogen and oxygen atoms in total. The number of para-hydroxylation sites is 1. The van der Waals surface area contributed by atoms with Crippen molar-refractivity contribution < 1.29 is 0 Å². The Morgan fingerprint density at radius 1 is 0.800 bits per heavy atom. The van der Waals surface area contributed by atoms with Gasteiger partial charge in [0.05, 0.1) is 22.1 Å². The van der Waals surface area contributed by atoms with Crippen LogP contribution in [-0.4, -0.2) is 27.7 Å². The zero-order valence-electron chi connectivity index (χ0n) is 19.3. The van der Waals surface area contributed by atoms with E-state index in [-0.39, 0.29) is 5.43 Å². The standard InChI is InChI=1S/C30H24N4O/c35-29-26(33-17-15-21(16-18-33)20-9-3-1-4-10-20)19-24-28-27(29)23-13-7-8-14-25(23)34(28)32-30(31-24)22-11-5-2-6-12-22/h1-14,19,21H,15-18H2. The fourth-order valence-corrected chi connectivity index (χ4v) is 5.63. The van der Waals surface area contributed by atoms with Gasteiger partial charge in [-0.25, -0.2) is 9.50 Å². The van der Waals surface area contributed by atoms with E-state index in [1.165, 1.54) is 5.56 Å². The zero-order chi connectivity index (χ0) is 23.4. The molecular formula is C30H24N4O. The number of fused-ring (bicyclic) bond motifs is 3. The first-order valence-electron chi connectivity index (χ1n) is 12.2. The van der Waals surface area contributed by atoms with Gasteiger partial charge in [-0.2, -0.15) is 0 Å². The highest BCUT2D eigenvalue weighted by Gasteiger charge is 2.26. The molecule has 0 bridgehead atoms. The van der Waals surface area contributed by atoms with Crippen LogP contribution >= 0.6 is 0 Å². The van der Waals surface area contributed by atoms with Gasteiger partial charge in [-0.05, 0) is 36.5 Å². The van der Waals surface area contributed by atoms with Gasteiger partial charge in [-0.1, -0.05) is 78.9 Å². The van der Waals surface area contributed by atoms with Gasteiger partial charge in [0.25, 0.3) is 0 Å². The smallest absolute Gasteiger partial charge is 0.212 e. The Morgan fingerprint density at radius 3 is 2.26 bits per heavy atom. The van der Waals surface area contributed by atoms with Gasteiger partial charge in [0.1, 0.15) is 5.52 Å². The molecule has 5 heteroatoms. The molecule has 4 aromatic carbocycles. The molecule has 0 amide bonds. The average molecular weight is 457 g/mol. The highest BCUT2D eigenvalue weighted by atomic mass is 16.1. The molecule has 2 aromatic heterocycles. The van der Waals surface area contributed by atoms with E-state index in [0.717, 1.165) is 64.5 Å². The molecule has 0 unspecified atom stereocenters. The van der Waals surface area contributed by atoms with Crippen LogP contribution < -0.4 is 10.3 Å². The summed E-state index contributed by atoms with van der Waals surface area (Å²) in [6.45, 7) is 1.72. The summed E-state index contributed by atoms with van der Waals surface area (Å²) in [6.07, 6.45) is 2.07. The molecule has 0 saturated carbocycles. The Morgan fingerprint density at radius 2 is 1.49 bits per heavy atom. The number of anilines is 1. The molecule has 0 aliphatic carbocycles. The topological polar surface area (TPSA) is 50.5 Å². The third-order valence-electron chi connectivity index (χ3n) is 7.39. The van der Waals surface area contributed by atoms with E-state index >= 15 is 0 Å². The first-order chi connectivity index (χ1) is 17.3. The van der Waals surface area contributed by atoms with Crippen molar-refractivity contribution in [3.8, 4) is 11.4 Å². The summed E-state index contributed by atoms with van der Waals surface area (Å²) in [5.74, 6) is 1.20. The maximum Gasteiger partial charge on any atom is 0.212 e. The zero-order valence-corrected chi connectivity index (χ0v) is 19.3. The summed E-state index contributed by atoms with van der Waals surface area (Å²) in [5, 5.41) is 6.52. The molecule has 0 spiro atoms. The van der Waals surface area contributed by atoms with Crippen molar-refractivity contribution in [2.75, 3.05) is 18.0 Å². The minimum absolute atomic E-state index is 0.0745. The largest absolute Gasteiger partial charge is 0.368 e. The highest BCUT2D eigenvalue weighted by Crippen LogP contribution is 2.34. The lowest BCUT2D eigenvalue weighted by molar-refractivity contribution is 0.505. The van der Waals surface area contributed by atoms with E-state index in [1.54, 1.807) is 0 Å². The first-order valence-corrected chi connectivity index (χ1v) is 12.2. The van der Waals surface area contributed by atoms with Crippen LogP contribution in [0.2, 0.25) is 0 Å². The highest BCUT2D eigenvalue weighted by molar-refractivity contribution is 6.14. The van der Waals surface area contributed by atoms with Crippen LogP contribution in [0.15, 0.2) is 95.8 Å². The molecule has 1 aliphatic rings. The molecule has 3 heterocycles. The number of aromatic nitrogens is 3. The van der Waals surface area contributed by atoms with E-state index < -0.39 is 0 Å². The van der Waals surface area contributed by atoms with Gasteiger partial charge >= 0.3 is 0 Å². The minimum Gasteiger partial charge on any atom is -0.368 e. The molecule has 170 valence electrons. The van der Waals surface area contributed by atoms with Crippen molar-refractivity contribution >= 4 is 33.0 Å². The third kappa shape index (κ3) is 3.19. The molecule has 0 radical (unpaired) electrons. The first kappa shape index (κ1) is 20.2. The molecule has 1 fully saturated rings. The Bertz CT molecular complexity index is 1720. The Labute approximate surface area is 202 Å². The second-order valence-electron chi connectivity index (χ2n) is 9.37. The summed E-state index contributed by atoms with van der Waals surface area (Å²) in [7, 11) is 0. The maximum atomic E-state index is 13.9. The van der Waals surface area contributed by atoms with Crippen LogP contribution in [0.1, 0.15) is 24.3 Å². The summed E-state index contributed by atoms with van der Waals surface area (Å²) < 4.78 is 1.90. The van der Waals surface area contributed by atoms with Crippen molar-refractivity contribution in [2.24, 2.45) is 0 Å². The van der Waals surface area contributed by atoms with Gasteiger partial charge in [0.2, 0.25) is 5.43 Å². The number of hydrogen-bond donors (Lipinski definition) is 0. The second kappa shape index (κ2) is 7.91. The van der Waals surface area contributed by atoms with Crippen LogP contribution in [0.4, 0.5) is 5.69 Å². The van der Waals surface area contributed by atoms with Crippen molar-refractivity contribution in [1.29, 1.82) is 0 Å². The van der Waals surface area contributed by atoms with E-state index in [2.05, 4.69) is 35.2 Å². The van der Waals surface area contributed by atoms with Gasteiger partial charge in [-0.3, -0.25) is 4.79 Å². The van der Waals surface area contributed by atoms with E-state index in [0.29, 0.717) is 11.7 Å². The fraction of sp³-hybridized carbons (Fsp3) is 0.167. The number of piperidine rings is 1. The van der Waals surface area contributed by atoms with E-state index in [4.69, 9.17) is 10.1 Å². The number of benzene rings is 4. The number of nitrogens with zero attached hydrogens (tertiary/aromatic N) is 4. The third-order valence-corrected chi connectivity index (χ3v) is 7.39. The van der Waals surface area contributed by atoms with E-state index in [9.17, 15) is 4.79 Å². The number of hydrogen-bond acceptors (Lipinski definition) is 4. The second-order valence-corrected chi connectivity index (χ2v) is 9.37. The monoisotopic (exact) mass is 456 g/mol. The van der Waals surface area contributed by atoms with Crippen LogP contribution in [0.25, 0.3) is 38.7 Å². The lowest BCUT2D eigenvalue weighted by Crippen LogP contribution is -2.35. The van der Waals surface area contributed by atoms with Crippen molar-refractivity contribution in [2.45, 2.75) is 18.8 Å². The van der Waals surface area contributed by atoms with Gasteiger partial charge in [-0.15, -0.1) is 5.10 Å². The summed E-state index contributed by atoms with van der Waals surface area (Å²) in [4.78, 5) is 21.1.